The van der Waals surface area contributed by atoms with Gasteiger partial charge in [-0.1, -0.05) is 12.1 Å². The van der Waals surface area contributed by atoms with E-state index in [2.05, 4.69) is 10.6 Å². The van der Waals surface area contributed by atoms with Gasteiger partial charge in [-0.05, 0) is 30.5 Å². The first-order chi connectivity index (χ1) is 11.0. The lowest BCUT2D eigenvalue weighted by molar-refractivity contribution is -0.137. The van der Waals surface area contributed by atoms with Gasteiger partial charge in [-0.15, -0.1) is 0 Å². The third kappa shape index (κ3) is 7.52. The van der Waals surface area contributed by atoms with Gasteiger partial charge in [0.1, 0.15) is 17.4 Å². The summed E-state index contributed by atoms with van der Waals surface area (Å²) in [5, 5.41) is 32.0. The Labute approximate surface area is 134 Å². The molecule has 0 bridgehead atoms. The van der Waals surface area contributed by atoms with Crippen molar-refractivity contribution in [2.75, 3.05) is 13.1 Å². The van der Waals surface area contributed by atoms with Gasteiger partial charge in [-0.25, -0.2) is 0 Å². The molecular formula is C16H19N3O4. The molecule has 1 aromatic rings. The number of nitrogens with zero attached hydrogens (tertiary/aromatic N) is 1. The predicted molar refractivity (Wildman–Crippen MR) is 83.4 cm³/mol. The molecule has 1 rings (SSSR count). The molecule has 0 radical (unpaired) electrons. The number of hydrogen-bond acceptors (Lipinski definition) is 5. The Morgan fingerprint density at radius 3 is 2.52 bits per heavy atom. The largest absolute Gasteiger partial charge is 0.508 e. The number of carboxylic acid groups (broad SMARTS) is 1. The lowest BCUT2D eigenvalue weighted by Crippen LogP contribution is -2.27. The number of nitrogens with one attached hydrogen (secondary N) is 2. The summed E-state index contributed by atoms with van der Waals surface area (Å²) < 4.78 is 0. The van der Waals surface area contributed by atoms with E-state index in [0.717, 1.165) is 5.56 Å². The molecule has 0 atom stereocenters. The lowest BCUT2D eigenvalue weighted by atomic mass is 10.1. The maximum absolute atomic E-state index is 11.8. The minimum atomic E-state index is -0.886. The van der Waals surface area contributed by atoms with Crippen LogP contribution in [0, 0.1) is 11.3 Å². The van der Waals surface area contributed by atoms with Crippen LogP contribution >= 0.6 is 0 Å². The van der Waals surface area contributed by atoms with Gasteiger partial charge in [0, 0.05) is 25.7 Å². The molecule has 23 heavy (non-hydrogen) atoms. The Balaban J connectivity index is 2.34. The summed E-state index contributed by atoms with van der Waals surface area (Å²) >= 11 is 0. The molecule has 1 amide bonds. The molecule has 7 heteroatoms. The maximum Gasteiger partial charge on any atom is 0.303 e. The molecule has 7 nitrogen and oxygen atoms in total. The molecule has 0 unspecified atom stereocenters. The first-order valence-electron chi connectivity index (χ1n) is 7.14. The van der Waals surface area contributed by atoms with Crippen molar-refractivity contribution >= 4 is 11.9 Å². The molecule has 0 aliphatic rings. The summed E-state index contributed by atoms with van der Waals surface area (Å²) in [7, 11) is 0. The number of hydrogen-bond donors (Lipinski definition) is 4. The van der Waals surface area contributed by atoms with E-state index in [1.165, 1.54) is 6.20 Å². The molecule has 0 aliphatic carbocycles. The van der Waals surface area contributed by atoms with E-state index in [1.54, 1.807) is 30.3 Å². The first-order valence-corrected chi connectivity index (χ1v) is 7.14. The molecule has 0 saturated heterocycles. The van der Waals surface area contributed by atoms with Gasteiger partial charge in [0.2, 0.25) is 0 Å². The number of phenolic OH excluding ortho intramolecular Hbond substituents is 1. The maximum atomic E-state index is 11.8. The summed E-state index contributed by atoms with van der Waals surface area (Å²) in [6.45, 7) is 0.736. The predicted octanol–water partition coefficient (Wildman–Crippen LogP) is 0.913. The minimum absolute atomic E-state index is 0.0293. The number of phenols is 1. The Morgan fingerprint density at radius 1 is 1.22 bits per heavy atom. The number of carbonyl (C=O) groups is 2. The summed E-state index contributed by atoms with van der Waals surface area (Å²) in [4.78, 5) is 22.2. The highest BCUT2D eigenvalue weighted by molar-refractivity contribution is 5.97. The summed E-state index contributed by atoms with van der Waals surface area (Å²) in [5.74, 6) is -1.19. The topological polar surface area (TPSA) is 122 Å². The second kappa shape index (κ2) is 9.84. The number of rotatable bonds is 9. The van der Waals surface area contributed by atoms with Crippen LogP contribution in [0.5, 0.6) is 5.75 Å². The zero-order chi connectivity index (χ0) is 17.1. The van der Waals surface area contributed by atoms with Gasteiger partial charge >= 0.3 is 5.97 Å². The number of nitriles is 1. The van der Waals surface area contributed by atoms with Crippen molar-refractivity contribution in [3.8, 4) is 11.8 Å². The standard InChI is InChI=1S/C16H19N3O4/c17-10-13(11-18-8-1-2-15(21)22)16(23)19-9-7-12-3-5-14(20)6-4-12/h3-6,11,18,20H,1-2,7-9H2,(H,19,23)(H,21,22)/b13-11-. The molecule has 1 aromatic carbocycles. The summed E-state index contributed by atoms with van der Waals surface area (Å²) in [6.07, 6.45) is 2.31. The number of carboxylic acids is 1. The van der Waals surface area contributed by atoms with Crippen LogP contribution in [0.15, 0.2) is 36.0 Å². The summed E-state index contributed by atoms with van der Waals surface area (Å²) in [5.41, 5.74) is 0.892. The van der Waals surface area contributed by atoms with Gasteiger partial charge in [-0.3, -0.25) is 9.59 Å². The van der Waals surface area contributed by atoms with Crippen LogP contribution in [-0.4, -0.2) is 35.2 Å². The van der Waals surface area contributed by atoms with E-state index >= 15 is 0 Å². The number of aliphatic carboxylic acids is 1. The van der Waals surface area contributed by atoms with E-state index in [4.69, 9.17) is 10.4 Å². The Hall–Kier alpha value is -3.01. The SMILES string of the molecule is N#C/C(=C/NCCCC(=O)O)C(=O)NCCc1ccc(O)cc1. The fourth-order valence-corrected chi connectivity index (χ4v) is 1.74. The van der Waals surface area contributed by atoms with Crippen molar-refractivity contribution in [3.05, 3.63) is 41.6 Å². The van der Waals surface area contributed by atoms with Gasteiger partial charge in [-0.2, -0.15) is 5.26 Å². The molecule has 122 valence electrons. The smallest absolute Gasteiger partial charge is 0.303 e. The number of aromatic hydroxyl groups is 1. The average molecular weight is 317 g/mol. The highest BCUT2D eigenvalue weighted by Gasteiger charge is 2.07. The van der Waals surface area contributed by atoms with Gasteiger partial charge < -0.3 is 20.8 Å². The molecule has 0 spiro atoms. The quantitative estimate of drug-likeness (QED) is 0.305. The van der Waals surface area contributed by atoms with E-state index in [0.29, 0.717) is 25.9 Å². The van der Waals surface area contributed by atoms with Crippen molar-refractivity contribution < 1.29 is 19.8 Å². The highest BCUT2D eigenvalue weighted by Crippen LogP contribution is 2.09. The van der Waals surface area contributed by atoms with Crippen molar-refractivity contribution in [2.24, 2.45) is 0 Å². The fourth-order valence-electron chi connectivity index (χ4n) is 1.74. The third-order valence-electron chi connectivity index (χ3n) is 2.96. The zero-order valence-corrected chi connectivity index (χ0v) is 12.6. The summed E-state index contributed by atoms with van der Waals surface area (Å²) in [6, 6.07) is 8.44. The van der Waals surface area contributed by atoms with Crippen molar-refractivity contribution in [1.29, 1.82) is 5.26 Å². The van der Waals surface area contributed by atoms with Crippen LogP contribution < -0.4 is 10.6 Å². The second-order valence-electron chi connectivity index (χ2n) is 4.79. The lowest BCUT2D eigenvalue weighted by Gasteiger charge is -2.05. The number of benzene rings is 1. The van der Waals surface area contributed by atoms with Crippen LogP contribution in [0.4, 0.5) is 0 Å². The van der Waals surface area contributed by atoms with Crippen LogP contribution in [0.1, 0.15) is 18.4 Å². The molecule has 0 fully saturated rings. The van der Waals surface area contributed by atoms with E-state index < -0.39 is 11.9 Å². The number of amides is 1. The molecule has 0 aliphatic heterocycles. The minimum Gasteiger partial charge on any atom is -0.508 e. The highest BCUT2D eigenvalue weighted by atomic mass is 16.4. The Bertz CT molecular complexity index is 603. The Kier molecular flexibility index (Phi) is 7.72. The normalized spacial score (nSPS) is 10.7. The molecule has 0 heterocycles. The van der Waals surface area contributed by atoms with E-state index in [-0.39, 0.29) is 17.7 Å². The molecule has 0 saturated carbocycles. The van der Waals surface area contributed by atoms with Crippen LogP contribution in [0.25, 0.3) is 0 Å². The molecular weight excluding hydrogens is 298 g/mol. The van der Waals surface area contributed by atoms with Crippen LogP contribution in [-0.2, 0) is 16.0 Å². The van der Waals surface area contributed by atoms with Gasteiger partial charge in [0.25, 0.3) is 5.91 Å². The zero-order valence-electron chi connectivity index (χ0n) is 12.6. The number of carbonyl (C=O) groups excluding carboxylic acids is 1. The van der Waals surface area contributed by atoms with E-state index in [1.807, 2.05) is 0 Å². The van der Waals surface area contributed by atoms with Crippen molar-refractivity contribution in [1.82, 2.24) is 10.6 Å². The van der Waals surface area contributed by atoms with Gasteiger partial charge in [0.15, 0.2) is 0 Å². The third-order valence-corrected chi connectivity index (χ3v) is 2.96. The average Bonchev–Trinajstić information content (AvgIpc) is 2.52. The monoisotopic (exact) mass is 317 g/mol. The molecule has 0 aromatic heterocycles. The second-order valence-corrected chi connectivity index (χ2v) is 4.79. The van der Waals surface area contributed by atoms with Crippen LogP contribution in [0.2, 0.25) is 0 Å². The van der Waals surface area contributed by atoms with Gasteiger partial charge in [0.05, 0.1) is 0 Å². The first kappa shape index (κ1) is 18.0. The van der Waals surface area contributed by atoms with Crippen molar-refractivity contribution in [2.45, 2.75) is 19.3 Å². The van der Waals surface area contributed by atoms with Crippen molar-refractivity contribution in [3.63, 3.8) is 0 Å². The van der Waals surface area contributed by atoms with Crippen LogP contribution in [0.3, 0.4) is 0 Å². The molecule has 4 N–H and O–H groups in total. The Morgan fingerprint density at radius 2 is 1.91 bits per heavy atom. The van der Waals surface area contributed by atoms with E-state index in [9.17, 15) is 14.7 Å². The fraction of sp³-hybridized carbons (Fsp3) is 0.312.